The first kappa shape index (κ1) is 11.5. The molecular formula is C13H22N2O2. The van der Waals surface area contributed by atoms with Crippen LogP contribution in [0.5, 0.6) is 0 Å². The Labute approximate surface area is 102 Å². The molecule has 2 aliphatic carbocycles. The molecule has 0 aromatic carbocycles. The highest BCUT2D eigenvalue weighted by atomic mass is 16.5. The van der Waals surface area contributed by atoms with Gasteiger partial charge < -0.3 is 15.8 Å². The van der Waals surface area contributed by atoms with Crippen molar-refractivity contribution in [2.45, 2.75) is 56.7 Å². The summed E-state index contributed by atoms with van der Waals surface area (Å²) >= 11 is 0. The van der Waals surface area contributed by atoms with Crippen LogP contribution in [0.25, 0.3) is 0 Å². The van der Waals surface area contributed by atoms with Gasteiger partial charge in [0.25, 0.3) is 0 Å². The van der Waals surface area contributed by atoms with E-state index in [1.807, 2.05) is 0 Å². The Hall–Kier alpha value is -0.610. The Balaban J connectivity index is 1.53. The number of ether oxygens (including phenoxy) is 1. The molecule has 2 saturated carbocycles. The maximum atomic E-state index is 12.1. The second kappa shape index (κ2) is 4.58. The van der Waals surface area contributed by atoms with E-state index < -0.39 is 0 Å². The molecule has 4 unspecified atom stereocenters. The lowest BCUT2D eigenvalue weighted by atomic mass is 10.0. The maximum Gasteiger partial charge on any atom is 0.223 e. The first-order valence-electron chi connectivity index (χ1n) is 6.91. The third kappa shape index (κ3) is 2.47. The van der Waals surface area contributed by atoms with Gasteiger partial charge in [-0.15, -0.1) is 0 Å². The van der Waals surface area contributed by atoms with Gasteiger partial charge in [0, 0.05) is 18.6 Å². The average molecular weight is 238 g/mol. The molecule has 1 saturated heterocycles. The molecule has 4 nitrogen and oxygen atoms in total. The lowest BCUT2D eigenvalue weighted by molar-refractivity contribution is -0.126. The van der Waals surface area contributed by atoms with E-state index in [0.29, 0.717) is 5.92 Å². The van der Waals surface area contributed by atoms with Gasteiger partial charge in [0.1, 0.15) is 0 Å². The molecule has 1 amide bonds. The highest BCUT2D eigenvalue weighted by Crippen LogP contribution is 2.39. The summed E-state index contributed by atoms with van der Waals surface area (Å²) in [5, 5.41) is 3.19. The van der Waals surface area contributed by atoms with Gasteiger partial charge in [-0.25, -0.2) is 0 Å². The molecule has 3 aliphatic rings. The summed E-state index contributed by atoms with van der Waals surface area (Å²) in [7, 11) is 0. The monoisotopic (exact) mass is 238 g/mol. The zero-order chi connectivity index (χ0) is 11.8. The molecule has 17 heavy (non-hydrogen) atoms. The summed E-state index contributed by atoms with van der Waals surface area (Å²) in [4.78, 5) is 12.1. The highest BCUT2D eigenvalue weighted by molar-refractivity contribution is 5.79. The topological polar surface area (TPSA) is 64.4 Å². The Morgan fingerprint density at radius 3 is 2.65 bits per heavy atom. The maximum absolute atomic E-state index is 12.1. The average Bonchev–Trinajstić information content (AvgIpc) is 2.89. The van der Waals surface area contributed by atoms with Crippen LogP contribution in [-0.2, 0) is 9.53 Å². The van der Waals surface area contributed by atoms with E-state index in [2.05, 4.69) is 5.32 Å². The number of hydrogen-bond donors (Lipinski definition) is 2. The molecule has 3 rings (SSSR count). The van der Waals surface area contributed by atoms with Crippen molar-refractivity contribution in [2.75, 3.05) is 6.61 Å². The molecule has 96 valence electrons. The quantitative estimate of drug-likeness (QED) is 0.764. The third-order valence-electron chi connectivity index (χ3n) is 4.39. The molecule has 0 spiro atoms. The van der Waals surface area contributed by atoms with E-state index in [1.165, 1.54) is 12.8 Å². The van der Waals surface area contributed by atoms with Crippen molar-refractivity contribution in [1.82, 2.24) is 5.32 Å². The predicted molar refractivity (Wildman–Crippen MR) is 64.3 cm³/mol. The molecule has 1 aliphatic heterocycles. The zero-order valence-corrected chi connectivity index (χ0v) is 10.2. The van der Waals surface area contributed by atoms with Crippen LogP contribution < -0.4 is 11.1 Å². The van der Waals surface area contributed by atoms with E-state index in [9.17, 15) is 4.79 Å². The Kier molecular flexibility index (Phi) is 3.09. The van der Waals surface area contributed by atoms with Crippen molar-refractivity contribution in [3.63, 3.8) is 0 Å². The van der Waals surface area contributed by atoms with Crippen LogP contribution in [0.1, 0.15) is 38.5 Å². The van der Waals surface area contributed by atoms with E-state index in [0.717, 1.165) is 32.3 Å². The lowest BCUT2D eigenvalue weighted by Gasteiger charge is -2.21. The first-order valence-corrected chi connectivity index (χ1v) is 6.91. The van der Waals surface area contributed by atoms with E-state index in [1.54, 1.807) is 0 Å². The van der Waals surface area contributed by atoms with E-state index in [-0.39, 0.29) is 30.0 Å². The first-order chi connectivity index (χ1) is 8.24. The summed E-state index contributed by atoms with van der Waals surface area (Å²) in [5.74, 6) is 1.05. The molecule has 0 bridgehead atoms. The molecular weight excluding hydrogens is 216 g/mol. The smallest absolute Gasteiger partial charge is 0.223 e. The Morgan fingerprint density at radius 2 is 2.00 bits per heavy atom. The number of hydrogen-bond acceptors (Lipinski definition) is 3. The molecule has 0 radical (unpaired) electrons. The van der Waals surface area contributed by atoms with Crippen LogP contribution >= 0.6 is 0 Å². The van der Waals surface area contributed by atoms with Crippen molar-refractivity contribution in [3.8, 4) is 0 Å². The van der Waals surface area contributed by atoms with Crippen LogP contribution in [0, 0.1) is 11.8 Å². The Morgan fingerprint density at radius 1 is 1.18 bits per heavy atom. The molecule has 0 aromatic rings. The van der Waals surface area contributed by atoms with Gasteiger partial charge in [0.2, 0.25) is 5.91 Å². The predicted octanol–water partition coefficient (Wildman–Crippen LogP) is 0.797. The van der Waals surface area contributed by atoms with Crippen LogP contribution in [0.4, 0.5) is 0 Å². The lowest BCUT2D eigenvalue weighted by Crippen LogP contribution is -2.43. The van der Waals surface area contributed by atoms with Crippen LogP contribution in [0.2, 0.25) is 0 Å². The number of carbonyl (C=O) groups is 1. The van der Waals surface area contributed by atoms with Crippen LogP contribution in [0.3, 0.4) is 0 Å². The fourth-order valence-electron chi connectivity index (χ4n) is 3.21. The van der Waals surface area contributed by atoms with Crippen LogP contribution in [0.15, 0.2) is 0 Å². The molecule has 0 aromatic heterocycles. The minimum Gasteiger partial charge on any atom is -0.376 e. The fourth-order valence-corrected chi connectivity index (χ4v) is 3.21. The van der Waals surface area contributed by atoms with Crippen molar-refractivity contribution in [1.29, 1.82) is 0 Å². The van der Waals surface area contributed by atoms with Gasteiger partial charge >= 0.3 is 0 Å². The van der Waals surface area contributed by atoms with Gasteiger partial charge in [0.05, 0.1) is 12.1 Å². The minimum absolute atomic E-state index is 0.144. The molecule has 3 N–H and O–H groups in total. The number of rotatable bonds is 3. The molecule has 1 heterocycles. The van der Waals surface area contributed by atoms with Crippen LogP contribution in [-0.4, -0.2) is 30.7 Å². The normalized spacial score (nSPS) is 41.7. The Bertz CT molecular complexity index is 304. The van der Waals surface area contributed by atoms with E-state index in [4.69, 9.17) is 10.5 Å². The van der Waals surface area contributed by atoms with Gasteiger partial charge in [-0.05, 0) is 44.4 Å². The minimum atomic E-state index is 0.144. The molecule has 4 heteroatoms. The van der Waals surface area contributed by atoms with E-state index >= 15 is 0 Å². The SMILES string of the molecule is NC1CCC(C(=O)NC2CCOC2C2CC2)C1. The number of nitrogens with two attached hydrogens (primary N) is 1. The standard InChI is InChI=1S/C13H22N2O2/c14-10-4-3-9(7-10)13(16)15-11-5-6-17-12(11)8-1-2-8/h8-12H,1-7,14H2,(H,15,16). The summed E-state index contributed by atoms with van der Waals surface area (Å²) in [6.45, 7) is 0.802. The highest BCUT2D eigenvalue weighted by Gasteiger charge is 2.42. The number of amides is 1. The zero-order valence-electron chi connectivity index (χ0n) is 10.2. The van der Waals surface area contributed by atoms with Crippen molar-refractivity contribution in [2.24, 2.45) is 17.6 Å². The summed E-state index contributed by atoms with van der Waals surface area (Å²) in [6, 6.07) is 0.483. The van der Waals surface area contributed by atoms with Gasteiger partial charge in [-0.2, -0.15) is 0 Å². The van der Waals surface area contributed by atoms with Crippen molar-refractivity contribution in [3.05, 3.63) is 0 Å². The molecule has 4 atom stereocenters. The second-order valence-corrected chi connectivity index (χ2v) is 5.85. The van der Waals surface area contributed by atoms with Gasteiger partial charge in [-0.3, -0.25) is 4.79 Å². The fraction of sp³-hybridized carbons (Fsp3) is 0.923. The third-order valence-corrected chi connectivity index (χ3v) is 4.39. The largest absolute Gasteiger partial charge is 0.376 e. The molecule has 3 fully saturated rings. The summed E-state index contributed by atoms with van der Waals surface area (Å²) in [6.07, 6.45) is 6.60. The summed E-state index contributed by atoms with van der Waals surface area (Å²) in [5.41, 5.74) is 5.85. The number of carbonyl (C=O) groups excluding carboxylic acids is 1. The second-order valence-electron chi connectivity index (χ2n) is 5.85. The van der Waals surface area contributed by atoms with Crippen molar-refractivity contribution >= 4 is 5.91 Å². The van der Waals surface area contributed by atoms with Gasteiger partial charge in [-0.1, -0.05) is 0 Å². The van der Waals surface area contributed by atoms with Gasteiger partial charge in [0.15, 0.2) is 0 Å². The van der Waals surface area contributed by atoms with Crippen molar-refractivity contribution < 1.29 is 9.53 Å². The number of nitrogens with one attached hydrogen (secondary N) is 1. The summed E-state index contributed by atoms with van der Waals surface area (Å²) < 4.78 is 5.73.